The SMILES string of the molecule is C=CC=O.O=CCCO.OCC(O)CO. The molecule has 0 bridgehead atoms. The van der Waals surface area contributed by atoms with Gasteiger partial charge in [-0.3, -0.25) is 4.79 Å². The highest BCUT2D eigenvalue weighted by Crippen LogP contribution is 1.71. The van der Waals surface area contributed by atoms with Crippen LogP contribution in [0.25, 0.3) is 0 Å². The van der Waals surface area contributed by atoms with E-state index < -0.39 is 6.10 Å². The van der Waals surface area contributed by atoms with E-state index >= 15 is 0 Å². The van der Waals surface area contributed by atoms with Gasteiger partial charge in [0, 0.05) is 13.0 Å². The predicted octanol–water partition coefficient (Wildman–Crippen LogP) is -1.73. The first-order valence-electron chi connectivity index (χ1n) is 4.14. The van der Waals surface area contributed by atoms with Crippen LogP contribution >= 0.6 is 0 Å². The van der Waals surface area contributed by atoms with Gasteiger partial charge >= 0.3 is 0 Å². The van der Waals surface area contributed by atoms with Crippen molar-refractivity contribution in [1.29, 1.82) is 0 Å². The molecule has 90 valence electrons. The van der Waals surface area contributed by atoms with Gasteiger partial charge in [0.05, 0.1) is 13.2 Å². The lowest BCUT2D eigenvalue weighted by Gasteiger charge is -1.96. The van der Waals surface area contributed by atoms with Gasteiger partial charge in [0.2, 0.25) is 0 Å². The molecule has 0 amide bonds. The first-order valence-corrected chi connectivity index (χ1v) is 4.14. The molecule has 0 fully saturated rings. The van der Waals surface area contributed by atoms with Crippen LogP contribution in [-0.2, 0) is 9.59 Å². The molecule has 0 aliphatic rings. The zero-order chi connectivity index (χ0) is 12.5. The highest BCUT2D eigenvalue weighted by molar-refractivity contribution is 5.63. The Morgan fingerprint density at radius 3 is 1.53 bits per heavy atom. The first-order chi connectivity index (χ1) is 7.14. The van der Waals surface area contributed by atoms with Gasteiger partial charge < -0.3 is 25.2 Å². The lowest BCUT2D eigenvalue weighted by molar-refractivity contribution is -0.108. The number of aliphatic hydroxyl groups excluding tert-OH is 4. The largest absolute Gasteiger partial charge is 0.396 e. The maximum atomic E-state index is 9.24. The van der Waals surface area contributed by atoms with E-state index in [1.54, 1.807) is 0 Å². The number of allylic oxidation sites excluding steroid dienone is 1. The van der Waals surface area contributed by atoms with Crippen LogP contribution in [0.1, 0.15) is 6.42 Å². The molecular weight excluding hydrogens is 204 g/mol. The van der Waals surface area contributed by atoms with Crippen molar-refractivity contribution in [1.82, 2.24) is 0 Å². The summed E-state index contributed by atoms with van der Waals surface area (Å²) in [7, 11) is 0. The van der Waals surface area contributed by atoms with Gasteiger partial charge in [-0.25, -0.2) is 0 Å². The van der Waals surface area contributed by atoms with Crippen molar-refractivity contribution in [2.24, 2.45) is 0 Å². The summed E-state index contributed by atoms with van der Waals surface area (Å²) >= 11 is 0. The number of hydrogen-bond donors (Lipinski definition) is 4. The number of aldehydes is 2. The molecule has 0 saturated heterocycles. The third-order valence-electron chi connectivity index (χ3n) is 0.765. The summed E-state index contributed by atoms with van der Waals surface area (Å²) in [6.45, 7) is 2.36. The zero-order valence-corrected chi connectivity index (χ0v) is 8.45. The van der Waals surface area contributed by atoms with Gasteiger partial charge in [-0.1, -0.05) is 6.58 Å². The fourth-order valence-corrected chi connectivity index (χ4v) is 0.110. The maximum Gasteiger partial charge on any atom is 0.142 e. The monoisotopic (exact) mass is 222 g/mol. The molecule has 0 aromatic carbocycles. The van der Waals surface area contributed by atoms with Gasteiger partial charge in [-0.2, -0.15) is 0 Å². The van der Waals surface area contributed by atoms with Crippen LogP contribution in [0.2, 0.25) is 0 Å². The Hall–Kier alpha value is -1.08. The Bertz CT molecular complexity index is 127. The molecule has 0 aromatic heterocycles. The fourth-order valence-electron chi connectivity index (χ4n) is 0.110. The lowest BCUT2D eigenvalue weighted by Crippen LogP contribution is -2.15. The molecule has 0 unspecified atom stereocenters. The molecule has 0 aliphatic carbocycles. The summed E-state index contributed by atoms with van der Waals surface area (Å²) in [6.07, 6.45) is 1.82. The van der Waals surface area contributed by atoms with E-state index in [1.807, 2.05) is 0 Å². The molecule has 0 heterocycles. The highest BCUT2D eigenvalue weighted by atomic mass is 16.3. The molecule has 0 spiro atoms. The van der Waals surface area contributed by atoms with Crippen molar-refractivity contribution in [3.63, 3.8) is 0 Å². The average molecular weight is 222 g/mol. The second-order valence-electron chi connectivity index (χ2n) is 2.07. The Morgan fingerprint density at radius 1 is 1.13 bits per heavy atom. The molecule has 0 atom stereocenters. The minimum Gasteiger partial charge on any atom is -0.396 e. The summed E-state index contributed by atoms with van der Waals surface area (Å²) in [4.78, 5) is 18.3. The van der Waals surface area contributed by atoms with Gasteiger partial charge in [-0.05, 0) is 6.08 Å². The third-order valence-corrected chi connectivity index (χ3v) is 0.765. The summed E-state index contributed by atoms with van der Waals surface area (Å²) in [5.74, 6) is 0. The van der Waals surface area contributed by atoms with Crippen LogP contribution in [0.5, 0.6) is 0 Å². The Morgan fingerprint density at radius 2 is 1.53 bits per heavy atom. The van der Waals surface area contributed by atoms with Crippen LogP contribution in [0.4, 0.5) is 0 Å². The molecule has 6 heteroatoms. The topological polar surface area (TPSA) is 115 Å². The summed E-state index contributed by atoms with van der Waals surface area (Å²) in [5.41, 5.74) is 0. The van der Waals surface area contributed by atoms with Gasteiger partial charge in [-0.15, -0.1) is 0 Å². The van der Waals surface area contributed by atoms with E-state index in [1.165, 1.54) is 6.08 Å². The first kappa shape index (κ1) is 19.5. The number of carbonyl (C=O) groups is 2. The number of hydrogen-bond acceptors (Lipinski definition) is 6. The van der Waals surface area contributed by atoms with Crippen LogP contribution in [0, 0.1) is 0 Å². The molecule has 0 aromatic rings. The van der Waals surface area contributed by atoms with Crippen molar-refractivity contribution >= 4 is 12.6 Å². The minimum atomic E-state index is -0.954. The smallest absolute Gasteiger partial charge is 0.142 e. The predicted molar refractivity (Wildman–Crippen MR) is 54.2 cm³/mol. The van der Waals surface area contributed by atoms with Crippen LogP contribution < -0.4 is 0 Å². The molecule has 0 radical (unpaired) electrons. The van der Waals surface area contributed by atoms with E-state index in [2.05, 4.69) is 6.58 Å². The number of aliphatic hydroxyl groups is 4. The van der Waals surface area contributed by atoms with E-state index in [4.69, 9.17) is 25.2 Å². The van der Waals surface area contributed by atoms with Crippen LogP contribution in [0.15, 0.2) is 12.7 Å². The number of rotatable bonds is 5. The standard InChI is InChI=1S/C3H8O3.C3H6O2.C3H4O/c4-1-3(6)2-5;4-2-1-3-5;1-2-3-4/h3-6H,1-2H2;2,5H,1,3H2;2-3H,1H2. The van der Waals surface area contributed by atoms with Crippen LogP contribution in [0.3, 0.4) is 0 Å². The van der Waals surface area contributed by atoms with E-state index in [0.29, 0.717) is 12.6 Å². The van der Waals surface area contributed by atoms with Crippen molar-refractivity contribution in [3.8, 4) is 0 Å². The van der Waals surface area contributed by atoms with Crippen molar-refractivity contribution in [3.05, 3.63) is 12.7 Å². The summed E-state index contributed by atoms with van der Waals surface area (Å²) in [5, 5.41) is 31.9. The highest BCUT2D eigenvalue weighted by Gasteiger charge is 1.93. The normalized spacial score (nSPS) is 7.80. The third kappa shape index (κ3) is 44.0. The average Bonchev–Trinajstić information content (AvgIpc) is 2.30. The van der Waals surface area contributed by atoms with Crippen molar-refractivity contribution in [2.75, 3.05) is 19.8 Å². The molecule has 15 heavy (non-hydrogen) atoms. The summed E-state index contributed by atoms with van der Waals surface area (Å²) in [6, 6.07) is 0. The Kier molecular flexibility index (Phi) is 30.0. The quantitative estimate of drug-likeness (QED) is 0.324. The Labute approximate surface area is 88.5 Å². The molecule has 6 nitrogen and oxygen atoms in total. The van der Waals surface area contributed by atoms with Gasteiger partial charge in [0.1, 0.15) is 18.7 Å². The molecule has 0 saturated carbocycles. The fraction of sp³-hybridized carbons (Fsp3) is 0.556. The molecule has 0 rings (SSSR count). The van der Waals surface area contributed by atoms with Gasteiger partial charge in [0.15, 0.2) is 0 Å². The van der Waals surface area contributed by atoms with Crippen LogP contribution in [-0.4, -0.2) is 58.9 Å². The second kappa shape index (κ2) is 23.1. The van der Waals surface area contributed by atoms with Crippen molar-refractivity contribution in [2.45, 2.75) is 12.5 Å². The minimum absolute atomic E-state index is 0.0243. The lowest BCUT2D eigenvalue weighted by atomic mass is 10.4. The second-order valence-corrected chi connectivity index (χ2v) is 2.07. The van der Waals surface area contributed by atoms with Gasteiger partial charge in [0.25, 0.3) is 0 Å². The molecule has 4 N–H and O–H groups in total. The Balaban J connectivity index is -0.000000147. The maximum absolute atomic E-state index is 9.24. The van der Waals surface area contributed by atoms with E-state index in [0.717, 1.165) is 0 Å². The molecular formula is C9H18O6. The van der Waals surface area contributed by atoms with Crippen molar-refractivity contribution < 1.29 is 30.0 Å². The molecule has 0 aliphatic heterocycles. The summed E-state index contributed by atoms with van der Waals surface area (Å²) < 4.78 is 0. The zero-order valence-electron chi connectivity index (χ0n) is 8.45. The number of carbonyl (C=O) groups excluding carboxylic acids is 2. The van der Waals surface area contributed by atoms with E-state index in [-0.39, 0.29) is 26.2 Å². The van der Waals surface area contributed by atoms with E-state index in [9.17, 15) is 4.79 Å².